The molecule has 0 aliphatic heterocycles. The third-order valence-corrected chi connectivity index (χ3v) is 1.35. The average Bonchev–Trinajstić information content (AvgIpc) is 1.85. The predicted octanol–water partition coefficient (Wildman–Crippen LogP) is -1.31. The lowest BCUT2D eigenvalue weighted by Crippen LogP contribution is -2.45. The zero-order valence-corrected chi connectivity index (χ0v) is 6.35. The molecule has 0 bridgehead atoms. The Bertz CT molecular complexity index is 210. The van der Waals surface area contributed by atoms with Gasteiger partial charge in [0.25, 0.3) is 0 Å². The fraction of sp³-hybridized carbons (Fsp3) is 0.500. The van der Waals surface area contributed by atoms with Gasteiger partial charge >= 0.3 is 11.9 Å². The number of carbonyl (C=O) groups excluding carboxylic acids is 1. The summed E-state index contributed by atoms with van der Waals surface area (Å²) < 4.78 is 0. The Kier molecular flexibility index (Phi) is 3.36. The van der Waals surface area contributed by atoms with E-state index >= 15 is 0 Å². The van der Waals surface area contributed by atoms with E-state index in [2.05, 4.69) is 0 Å². The first-order valence-electron chi connectivity index (χ1n) is 3.09. The first-order valence-corrected chi connectivity index (χ1v) is 3.09. The van der Waals surface area contributed by atoms with Crippen LogP contribution in [0.3, 0.4) is 0 Å². The molecule has 4 N–H and O–H groups in total. The van der Waals surface area contributed by atoms with Crippen molar-refractivity contribution >= 4 is 17.7 Å². The minimum absolute atomic E-state index is 0.766. The van der Waals surface area contributed by atoms with Crippen molar-refractivity contribution in [3.8, 4) is 0 Å². The number of hydrogen-bond acceptors (Lipinski definition) is 4. The summed E-state index contributed by atoms with van der Waals surface area (Å²) in [5.41, 5.74) is 4.96. The second-order valence-corrected chi connectivity index (χ2v) is 2.29. The highest BCUT2D eigenvalue weighted by Gasteiger charge is 2.34. The van der Waals surface area contributed by atoms with E-state index in [4.69, 9.17) is 15.9 Å². The number of carboxylic acid groups (broad SMARTS) is 2. The monoisotopic (exact) mass is 175 g/mol. The number of carboxylic acids is 2. The number of aliphatic carboxylic acids is 2. The Labute approximate surface area is 68.0 Å². The molecule has 0 rings (SSSR count). The van der Waals surface area contributed by atoms with Crippen molar-refractivity contribution in [3.05, 3.63) is 0 Å². The minimum atomic E-state index is -1.68. The Hall–Kier alpha value is -1.43. The molecule has 0 aliphatic carbocycles. The topological polar surface area (TPSA) is 118 Å². The average molecular weight is 175 g/mol. The van der Waals surface area contributed by atoms with Gasteiger partial charge in [0.1, 0.15) is 17.7 Å². The van der Waals surface area contributed by atoms with Gasteiger partial charge in [-0.15, -0.1) is 0 Å². The number of nitrogens with two attached hydrogens (primary N) is 1. The lowest BCUT2D eigenvalue weighted by molar-refractivity contribution is -0.153. The first kappa shape index (κ1) is 10.6. The second kappa shape index (κ2) is 3.82. The molecule has 0 radical (unpaired) electrons. The fourth-order valence-electron chi connectivity index (χ4n) is 0.723. The van der Waals surface area contributed by atoms with Crippen molar-refractivity contribution in [2.45, 2.75) is 13.0 Å². The molecule has 0 aromatic rings. The highest BCUT2D eigenvalue weighted by atomic mass is 16.4. The summed E-state index contributed by atoms with van der Waals surface area (Å²) in [6, 6.07) is -1.68. The molecule has 0 amide bonds. The van der Waals surface area contributed by atoms with Gasteiger partial charge in [-0.1, -0.05) is 0 Å². The number of ketones is 1. The molecule has 0 heterocycles. The number of hydrogen-bond donors (Lipinski definition) is 3. The van der Waals surface area contributed by atoms with Crippen molar-refractivity contribution in [3.63, 3.8) is 0 Å². The van der Waals surface area contributed by atoms with Gasteiger partial charge in [0.2, 0.25) is 0 Å². The molecule has 12 heavy (non-hydrogen) atoms. The van der Waals surface area contributed by atoms with E-state index in [0.29, 0.717) is 0 Å². The summed E-state index contributed by atoms with van der Waals surface area (Å²) in [5.74, 6) is -5.45. The quantitative estimate of drug-likeness (QED) is 0.456. The lowest BCUT2D eigenvalue weighted by atomic mass is 9.97. The van der Waals surface area contributed by atoms with Crippen LogP contribution in [0.15, 0.2) is 0 Å². The molecular weight excluding hydrogens is 166 g/mol. The zero-order chi connectivity index (χ0) is 9.89. The molecule has 0 aromatic heterocycles. The van der Waals surface area contributed by atoms with Gasteiger partial charge in [0.15, 0.2) is 0 Å². The molecule has 2 unspecified atom stereocenters. The Morgan fingerprint density at radius 1 is 1.17 bits per heavy atom. The summed E-state index contributed by atoms with van der Waals surface area (Å²) in [5, 5.41) is 16.7. The van der Waals surface area contributed by atoms with Gasteiger partial charge in [0, 0.05) is 0 Å². The number of carbonyl (C=O) groups is 3. The largest absolute Gasteiger partial charge is 0.481 e. The van der Waals surface area contributed by atoms with Gasteiger partial charge in [-0.2, -0.15) is 0 Å². The van der Waals surface area contributed by atoms with E-state index in [0.717, 1.165) is 6.92 Å². The fourth-order valence-corrected chi connectivity index (χ4v) is 0.723. The van der Waals surface area contributed by atoms with Gasteiger partial charge in [0.05, 0.1) is 0 Å². The van der Waals surface area contributed by atoms with Crippen molar-refractivity contribution in [1.82, 2.24) is 0 Å². The van der Waals surface area contributed by atoms with Crippen molar-refractivity contribution in [2.24, 2.45) is 11.7 Å². The van der Waals surface area contributed by atoms with Crippen LogP contribution in [-0.2, 0) is 14.4 Å². The van der Waals surface area contributed by atoms with Crippen molar-refractivity contribution in [2.75, 3.05) is 0 Å². The van der Waals surface area contributed by atoms with Crippen LogP contribution >= 0.6 is 0 Å². The van der Waals surface area contributed by atoms with Crippen LogP contribution in [0.25, 0.3) is 0 Å². The van der Waals surface area contributed by atoms with Crippen molar-refractivity contribution in [1.29, 1.82) is 0 Å². The third-order valence-electron chi connectivity index (χ3n) is 1.35. The molecule has 0 fully saturated rings. The lowest BCUT2D eigenvalue weighted by Gasteiger charge is -2.12. The Morgan fingerprint density at radius 2 is 1.58 bits per heavy atom. The maximum absolute atomic E-state index is 10.6. The summed E-state index contributed by atoms with van der Waals surface area (Å²) in [4.78, 5) is 31.1. The zero-order valence-electron chi connectivity index (χ0n) is 6.35. The highest BCUT2D eigenvalue weighted by Crippen LogP contribution is 2.03. The molecule has 0 spiro atoms. The second-order valence-electron chi connectivity index (χ2n) is 2.29. The van der Waals surface area contributed by atoms with Gasteiger partial charge in [-0.05, 0) is 6.92 Å². The number of Topliss-reactive ketones (excluding diaryl/α,β-unsaturated/α-hetero) is 1. The SMILES string of the molecule is CC(=O)C(C(=O)O)C(N)C(=O)O. The molecule has 0 saturated carbocycles. The maximum atomic E-state index is 10.6. The third kappa shape index (κ3) is 2.31. The summed E-state index contributed by atoms with van der Waals surface area (Å²) in [6.45, 7) is 0.988. The van der Waals surface area contributed by atoms with Crippen LogP contribution in [-0.4, -0.2) is 34.0 Å². The molecule has 2 atom stereocenters. The number of rotatable bonds is 4. The molecule has 6 nitrogen and oxygen atoms in total. The molecule has 0 aliphatic rings. The van der Waals surface area contributed by atoms with Crippen LogP contribution in [0.2, 0.25) is 0 Å². The van der Waals surface area contributed by atoms with E-state index in [9.17, 15) is 14.4 Å². The van der Waals surface area contributed by atoms with E-state index in [1.165, 1.54) is 0 Å². The minimum Gasteiger partial charge on any atom is -0.481 e. The molecule has 6 heteroatoms. The highest BCUT2D eigenvalue weighted by molar-refractivity contribution is 6.01. The van der Waals surface area contributed by atoms with E-state index in [-0.39, 0.29) is 0 Å². The van der Waals surface area contributed by atoms with E-state index in [1.54, 1.807) is 0 Å². The molecular formula is C6H9NO5. The van der Waals surface area contributed by atoms with Gasteiger partial charge < -0.3 is 15.9 Å². The Morgan fingerprint density at radius 3 is 1.67 bits per heavy atom. The van der Waals surface area contributed by atoms with Crippen LogP contribution in [0.4, 0.5) is 0 Å². The smallest absolute Gasteiger partial charge is 0.321 e. The summed E-state index contributed by atoms with van der Waals surface area (Å²) in [6.07, 6.45) is 0. The molecule has 0 aromatic carbocycles. The van der Waals surface area contributed by atoms with Crippen LogP contribution in [0.5, 0.6) is 0 Å². The van der Waals surface area contributed by atoms with E-state index < -0.39 is 29.7 Å². The van der Waals surface area contributed by atoms with Crippen molar-refractivity contribution < 1.29 is 24.6 Å². The standard InChI is InChI=1S/C6H9NO5/c1-2(8)3(5(9)10)4(7)6(11)12/h3-4H,7H2,1H3,(H,9,10)(H,11,12). The predicted molar refractivity (Wildman–Crippen MR) is 37.4 cm³/mol. The normalized spacial score (nSPS) is 14.8. The molecule has 0 saturated heterocycles. The summed E-state index contributed by atoms with van der Waals surface area (Å²) in [7, 11) is 0. The van der Waals surface area contributed by atoms with Gasteiger partial charge in [-0.3, -0.25) is 14.4 Å². The van der Waals surface area contributed by atoms with Crippen LogP contribution in [0, 0.1) is 5.92 Å². The molecule has 68 valence electrons. The van der Waals surface area contributed by atoms with Gasteiger partial charge in [-0.25, -0.2) is 0 Å². The maximum Gasteiger partial charge on any atom is 0.321 e. The first-order chi connectivity index (χ1) is 5.37. The van der Waals surface area contributed by atoms with E-state index in [1.807, 2.05) is 0 Å². The van der Waals surface area contributed by atoms with Crippen LogP contribution < -0.4 is 5.73 Å². The Balaban J connectivity index is 4.63. The van der Waals surface area contributed by atoms with Crippen LogP contribution in [0.1, 0.15) is 6.92 Å². The summed E-state index contributed by atoms with van der Waals surface area (Å²) >= 11 is 0.